The maximum Gasteiger partial charge on any atom is 0.252 e. The molecular formula is C10H16N4O. The summed E-state index contributed by atoms with van der Waals surface area (Å²) in [7, 11) is 0. The van der Waals surface area contributed by atoms with E-state index in [2.05, 4.69) is 20.2 Å². The van der Waals surface area contributed by atoms with Crippen molar-refractivity contribution in [3.8, 4) is 0 Å². The van der Waals surface area contributed by atoms with Crippen molar-refractivity contribution in [2.45, 2.75) is 12.8 Å². The highest BCUT2D eigenvalue weighted by Crippen LogP contribution is 2.06. The molecule has 0 radical (unpaired) electrons. The van der Waals surface area contributed by atoms with Gasteiger partial charge in [-0.05, 0) is 25.9 Å². The number of H-pyrrole nitrogens is 1. The fourth-order valence-electron chi connectivity index (χ4n) is 1.81. The van der Waals surface area contributed by atoms with Crippen LogP contribution in [-0.4, -0.2) is 41.0 Å². The zero-order valence-corrected chi connectivity index (χ0v) is 8.70. The summed E-state index contributed by atoms with van der Waals surface area (Å²) in [5.74, 6) is 0.651. The number of aromatic amines is 1. The van der Waals surface area contributed by atoms with Crippen molar-refractivity contribution in [3.63, 3.8) is 0 Å². The van der Waals surface area contributed by atoms with Crippen molar-refractivity contribution in [1.29, 1.82) is 0 Å². The van der Waals surface area contributed by atoms with Crippen molar-refractivity contribution in [2.24, 2.45) is 0 Å². The molecular weight excluding hydrogens is 192 g/mol. The molecule has 2 N–H and O–H groups in total. The molecule has 0 unspecified atom stereocenters. The monoisotopic (exact) mass is 208 g/mol. The Morgan fingerprint density at radius 1 is 1.47 bits per heavy atom. The van der Waals surface area contributed by atoms with Gasteiger partial charge in [-0.2, -0.15) is 0 Å². The summed E-state index contributed by atoms with van der Waals surface area (Å²) in [4.78, 5) is 19.9. The van der Waals surface area contributed by atoms with Crippen LogP contribution in [0.15, 0.2) is 17.2 Å². The lowest BCUT2D eigenvalue weighted by atomic mass is 10.4. The van der Waals surface area contributed by atoms with E-state index in [-0.39, 0.29) is 5.56 Å². The van der Waals surface area contributed by atoms with Crippen LogP contribution in [0.5, 0.6) is 0 Å². The van der Waals surface area contributed by atoms with Crippen molar-refractivity contribution in [3.05, 3.63) is 22.7 Å². The third-order valence-corrected chi connectivity index (χ3v) is 2.61. The van der Waals surface area contributed by atoms with E-state index in [0.717, 1.165) is 13.1 Å². The molecule has 5 nitrogen and oxygen atoms in total. The summed E-state index contributed by atoms with van der Waals surface area (Å²) in [5, 5.41) is 3.14. The Balaban J connectivity index is 1.75. The average molecular weight is 208 g/mol. The molecule has 1 aliphatic rings. The Kier molecular flexibility index (Phi) is 3.34. The molecule has 2 heterocycles. The number of nitrogens with one attached hydrogen (secondary N) is 2. The van der Waals surface area contributed by atoms with Crippen LogP contribution >= 0.6 is 0 Å². The lowest BCUT2D eigenvalue weighted by molar-refractivity contribution is 0.352. The first kappa shape index (κ1) is 10.2. The van der Waals surface area contributed by atoms with Crippen LogP contribution in [0.4, 0.5) is 5.82 Å². The Bertz CT molecular complexity index is 356. The van der Waals surface area contributed by atoms with Crippen molar-refractivity contribution in [1.82, 2.24) is 14.9 Å². The predicted molar refractivity (Wildman–Crippen MR) is 59.0 cm³/mol. The van der Waals surface area contributed by atoms with Gasteiger partial charge in [-0.15, -0.1) is 0 Å². The first-order chi connectivity index (χ1) is 7.34. The molecule has 1 aromatic rings. The first-order valence-electron chi connectivity index (χ1n) is 5.35. The van der Waals surface area contributed by atoms with Crippen LogP contribution in [0.1, 0.15) is 12.8 Å². The van der Waals surface area contributed by atoms with Gasteiger partial charge in [-0.3, -0.25) is 4.79 Å². The van der Waals surface area contributed by atoms with E-state index in [1.807, 2.05) is 0 Å². The molecule has 2 rings (SSSR count). The van der Waals surface area contributed by atoms with Crippen LogP contribution in [0.2, 0.25) is 0 Å². The van der Waals surface area contributed by atoms with Gasteiger partial charge in [0.05, 0.1) is 6.33 Å². The summed E-state index contributed by atoms with van der Waals surface area (Å²) < 4.78 is 0. The van der Waals surface area contributed by atoms with Gasteiger partial charge in [0.1, 0.15) is 5.82 Å². The number of rotatable bonds is 4. The maximum atomic E-state index is 11.0. The minimum atomic E-state index is -0.117. The van der Waals surface area contributed by atoms with Crippen LogP contribution in [0, 0.1) is 0 Å². The Labute approximate surface area is 88.5 Å². The summed E-state index contributed by atoms with van der Waals surface area (Å²) in [6.07, 6.45) is 4.03. The number of hydrogen-bond donors (Lipinski definition) is 2. The Morgan fingerprint density at radius 3 is 3.00 bits per heavy atom. The van der Waals surface area contributed by atoms with Crippen LogP contribution in [0.3, 0.4) is 0 Å². The van der Waals surface area contributed by atoms with E-state index in [4.69, 9.17) is 0 Å². The molecule has 0 atom stereocenters. The second-order valence-electron chi connectivity index (χ2n) is 3.77. The standard InChI is InChI=1S/C10H16N4O/c15-10-7-9(12-8-13-10)11-3-6-14-4-1-2-5-14/h7-8H,1-6H2,(H2,11,12,13,15). The molecule has 0 aliphatic carbocycles. The number of hydrogen-bond acceptors (Lipinski definition) is 4. The molecule has 82 valence electrons. The quantitative estimate of drug-likeness (QED) is 0.746. The molecule has 1 fully saturated rings. The maximum absolute atomic E-state index is 11.0. The van der Waals surface area contributed by atoms with E-state index in [1.54, 1.807) is 0 Å². The Morgan fingerprint density at radius 2 is 2.27 bits per heavy atom. The normalized spacial score (nSPS) is 16.8. The zero-order valence-electron chi connectivity index (χ0n) is 8.70. The highest BCUT2D eigenvalue weighted by Gasteiger charge is 2.10. The summed E-state index contributed by atoms with van der Waals surface area (Å²) in [5.41, 5.74) is -0.117. The van der Waals surface area contributed by atoms with Gasteiger partial charge in [-0.1, -0.05) is 0 Å². The van der Waals surface area contributed by atoms with Crippen molar-refractivity contribution in [2.75, 3.05) is 31.5 Å². The minimum Gasteiger partial charge on any atom is -0.369 e. The SMILES string of the molecule is O=c1cc(NCCN2CCCC2)nc[nH]1. The fraction of sp³-hybridized carbons (Fsp3) is 0.600. The van der Waals surface area contributed by atoms with Crippen molar-refractivity contribution >= 4 is 5.82 Å². The predicted octanol–water partition coefficient (Wildman–Crippen LogP) is 0.278. The van der Waals surface area contributed by atoms with Crippen molar-refractivity contribution < 1.29 is 0 Å². The topological polar surface area (TPSA) is 61.0 Å². The minimum absolute atomic E-state index is 0.117. The molecule has 1 aromatic heterocycles. The van der Waals surface area contributed by atoms with Crippen LogP contribution < -0.4 is 10.9 Å². The third-order valence-electron chi connectivity index (χ3n) is 2.61. The van der Waals surface area contributed by atoms with Crippen LogP contribution in [-0.2, 0) is 0 Å². The largest absolute Gasteiger partial charge is 0.369 e. The van der Waals surface area contributed by atoms with Gasteiger partial charge in [-0.25, -0.2) is 4.98 Å². The van der Waals surface area contributed by atoms with E-state index >= 15 is 0 Å². The van der Waals surface area contributed by atoms with E-state index in [0.29, 0.717) is 5.82 Å². The lowest BCUT2D eigenvalue weighted by Crippen LogP contribution is -2.26. The number of likely N-dealkylation sites (tertiary alicyclic amines) is 1. The summed E-state index contributed by atoms with van der Waals surface area (Å²) >= 11 is 0. The zero-order chi connectivity index (χ0) is 10.5. The molecule has 0 spiro atoms. The number of aromatic nitrogens is 2. The number of anilines is 1. The van der Waals surface area contributed by atoms with E-state index in [1.165, 1.54) is 38.3 Å². The second kappa shape index (κ2) is 4.93. The Hall–Kier alpha value is -1.36. The third kappa shape index (κ3) is 3.06. The highest BCUT2D eigenvalue weighted by atomic mass is 16.1. The fourth-order valence-corrected chi connectivity index (χ4v) is 1.81. The number of nitrogens with zero attached hydrogens (tertiary/aromatic N) is 2. The van der Waals surface area contributed by atoms with Gasteiger partial charge in [0.15, 0.2) is 0 Å². The first-order valence-corrected chi connectivity index (χ1v) is 5.35. The molecule has 5 heteroatoms. The highest BCUT2D eigenvalue weighted by molar-refractivity contribution is 5.31. The smallest absolute Gasteiger partial charge is 0.252 e. The van der Waals surface area contributed by atoms with Gasteiger partial charge < -0.3 is 15.2 Å². The molecule has 0 saturated carbocycles. The second-order valence-corrected chi connectivity index (χ2v) is 3.77. The van der Waals surface area contributed by atoms with Gasteiger partial charge >= 0.3 is 0 Å². The molecule has 15 heavy (non-hydrogen) atoms. The van der Waals surface area contributed by atoms with Gasteiger partial charge in [0.25, 0.3) is 5.56 Å². The molecule has 1 aliphatic heterocycles. The van der Waals surface area contributed by atoms with Gasteiger partial charge in [0, 0.05) is 19.2 Å². The van der Waals surface area contributed by atoms with Crippen LogP contribution in [0.25, 0.3) is 0 Å². The summed E-state index contributed by atoms with van der Waals surface area (Å²) in [6.45, 7) is 4.26. The lowest BCUT2D eigenvalue weighted by Gasteiger charge is -2.14. The van der Waals surface area contributed by atoms with E-state index in [9.17, 15) is 4.79 Å². The molecule has 0 amide bonds. The summed E-state index contributed by atoms with van der Waals surface area (Å²) in [6, 6.07) is 1.48. The van der Waals surface area contributed by atoms with E-state index < -0.39 is 0 Å². The average Bonchev–Trinajstić information content (AvgIpc) is 2.71. The molecule has 0 aromatic carbocycles. The van der Waals surface area contributed by atoms with Gasteiger partial charge in [0.2, 0.25) is 0 Å². The molecule has 0 bridgehead atoms. The molecule has 1 saturated heterocycles.